The lowest BCUT2D eigenvalue weighted by atomic mass is 9.79. The van der Waals surface area contributed by atoms with Crippen LogP contribution < -0.4 is 5.32 Å². The van der Waals surface area contributed by atoms with Crippen molar-refractivity contribution in [2.45, 2.75) is 52.0 Å². The van der Waals surface area contributed by atoms with Crippen LogP contribution in [0.5, 0.6) is 0 Å². The second-order valence-electron chi connectivity index (χ2n) is 5.07. The molecule has 2 atom stereocenters. The Morgan fingerprint density at radius 2 is 1.80 bits per heavy atom. The fourth-order valence-electron chi connectivity index (χ4n) is 2.72. The van der Waals surface area contributed by atoms with Crippen LogP contribution in [0.1, 0.15) is 46.0 Å². The number of hydrogen-bond donors (Lipinski definition) is 1. The summed E-state index contributed by atoms with van der Waals surface area (Å²) in [5.41, 5.74) is 0. The summed E-state index contributed by atoms with van der Waals surface area (Å²) in [5, 5.41) is 3.77. The van der Waals surface area contributed by atoms with Gasteiger partial charge in [0.1, 0.15) is 0 Å². The zero-order valence-corrected chi connectivity index (χ0v) is 11.4. The van der Waals surface area contributed by atoms with E-state index in [-0.39, 0.29) is 0 Å². The lowest BCUT2D eigenvalue weighted by Gasteiger charge is -2.35. The van der Waals surface area contributed by atoms with Gasteiger partial charge in [0, 0.05) is 6.04 Å². The monoisotopic (exact) mass is 229 g/mol. The lowest BCUT2D eigenvalue weighted by molar-refractivity contribution is 0.209. The van der Waals surface area contributed by atoms with E-state index >= 15 is 0 Å². The SMILES string of the molecule is CSCCCCNC1C(C)CCCC1C. The van der Waals surface area contributed by atoms with Crippen molar-refractivity contribution in [1.82, 2.24) is 5.32 Å². The smallest absolute Gasteiger partial charge is 0.0118 e. The van der Waals surface area contributed by atoms with E-state index in [0.29, 0.717) is 0 Å². The molecule has 0 aromatic heterocycles. The Morgan fingerprint density at radius 3 is 2.40 bits per heavy atom. The van der Waals surface area contributed by atoms with Gasteiger partial charge in [-0.05, 0) is 56.1 Å². The highest BCUT2D eigenvalue weighted by molar-refractivity contribution is 7.98. The minimum atomic E-state index is 0.785. The first kappa shape index (κ1) is 13.4. The highest BCUT2D eigenvalue weighted by atomic mass is 32.2. The summed E-state index contributed by atoms with van der Waals surface area (Å²) in [4.78, 5) is 0. The van der Waals surface area contributed by atoms with E-state index in [1.54, 1.807) is 0 Å². The van der Waals surface area contributed by atoms with Crippen LogP contribution in [0.2, 0.25) is 0 Å². The van der Waals surface area contributed by atoms with Crippen LogP contribution in [0.15, 0.2) is 0 Å². The predicted molar refractivity (Wildman–Crippen MR) is 71.6 cm³/mol. The van der Waals surface area contributed by atoms with Crippen LogP contribution in [0.3, 0.4) is 0 Å². The molecule has 0 radical (unpaired) electrons. The van der Waals surface area contributed by atoms with E-state index in [2.05, 4.69) is 25.4 Å². The van der Waals surface area contributed by atoms with Gasteiger partial charge in [-0.1, -0.05) is 20.3 Å². The molecule has 1 aliphatic rings. The van der Waals surface area contributed by atoms with Gasteiger partial charge >= 0.3 is 0 Å². The summed E-state index contributed by atoms with van der Waals surface area (Å²) in [6, 6.07) is 0.785. The topological polar surface area (TPSA) is 12.0 Å². The third-order valence-corrected chi connectivity index (χ3v) is 4.40. The van der Waals surface area contributed by atoms with Crippen molar-refractivity contribution >= 4 is 11.8 Å². The highest BCUT2D eigenvalue weighted by Gasteiger charge is 2.26. The van der Waals surface area contributed by atoms with Crippen molar-refractivity contribution in [2.75, 3.05) is 18.6 Å². The van der Waals surface area contributed by atoms with Gasteiger partial charge in [0.2, 0.25) is 0 Å². The molecule has 0 aromatic carbocycles. The van der Waals surface area contributed by atoms with Crippen LogP contribution in [-0.4, -0.2) is 24.6 Å². The minimum absolute atomic E-state index is 0.785. The zero-order chi connectivity index (χ0) is 11.1. The van der Waals surface area contributed by atoms with E-state index in [4.69, 9.17) is 0 Å². The molecule has 2 unspecified atom stereocenters. The summed E-state index contributed by atoms with van der Waals surface area (Å²) in [6.07, 6.45) is 9.19. The number of rotatable bonds is 6. The quantitative estimate of drug-likeness (QED) is 0.699. The number of nitrogens with one attached hydrogen (secondary N) is 1. The van der Waals surface area contributed by atoms with Gasteiger partial charge in [-0.2, -0.15) is 11.8 Å². The maximum Gasteiger partial charge on any atom is 0.0118 e. The van der Waals surface area contributed by atoms with E-state index in [1.165, 1.54) is 44.4 Å². The Hall–Kier alpha value is 0.310. The van der Waals surface area contributed by atoms with Crippen LogP contribution in [0.25, 0.3) is 0 Å². The molecule has 0 saturated heterocycles. The summed E-state index contributed by atoms with van der Waals surface area (Å²) < 4.78 is 0. The van der Waals surface area contributed by atoms with Gasteiger partial charge in [-0.25, -0.2) is 0 Å². The molecule has 1 fully saturated rings. The molecule has 1 saturated carbocycles. The van der Waals surface area contributed by atoms with E-state index in [1.807, 2.05) is 11.8 Å². The lowest BCUT2D eigenvalue weighted by Crippen LogP contribution is -2.43. The fraction of sp³-hybridized carbons (Fsp3) is 1.00. The van der Waals surface area contributed by atoms with Crippen molar-refractivity contribution in [1.29, 1.82) is 0 Å². The molecule has 0 aliphatic heterocycles. The molecule has 1 nitrogen and oxygen atoms in total. The van der Waals surface area contributed by atoms with Crippen molar-refractivity contribution in [3.8, 4) is 0 Å². The number of hydrogen-bond acceptors (Lipinski definition) is 2. The Kier molecular flexibility index (Phi) is 6.74. The molecule has 2 heteroatoms. The second kappa shape index (κ2) is 7.56. The van der Waals surface area contributed by atoms with E-state index < -0.39 is 0 Å². The molecule has 0 aromatic rings. The average Bonchev–Trinajstić information content (AvgIpc) is 2.21. The Bertz CT molecular complexity index is 151. The molecule has 0 amide bonds. The maximum absolute atomic E-state index is 3.77. The third-order valence-electron chi connectivity index (χ3n) is 3.70. The zero-order valence-electron chi connectivity index (χ0n) is 10.6. The van der Waals surface area contributed by atoms with Crippen LogP contribution in [0, 0.1) is 11.8 Å². The second-order valence-corrected chi connectivity index (χ2v) is 6.05. The highest BCUT2D eigenvalue weighted by Crippen LogP contribution is 2.28. The molecule has 90 valence electrons. The molecule has 1 rings (SSSR count). The minimum Gasteiger partial charge on any atom is -0.313 e. The fourth-order valence-corrected chi connectivity index (χ4v) is 3.22. The first-order chi connectivity index (χ1) is 7.25. The van der Waals surface area contributed by atoms with E-state index in [9.17, 15) is 0 Å². The standard InChI is InChI=1S/C13H27NS/c1-11-7-6-8-12(2)13(11)14-9-4-5-10-15-3/h11-14H,4-10H2,1-3H3. The molecular weight excluding hydrogens is 202 g/mol. The molecule has 0 heterocycles. The van der Waals surface area contributed by atoms with Gasteiger partial charge in [0.05, 0.1) is 0 Å². The molecule has 1 N–H and O–H groups in total. The van der Waals surface area contributed by atoms with Gasteiger partial charge < -0.3 is 5.32 Å². The number of thioether (sulfide) groups is 1. The van der Waals surface area contributed by atoms with Gasteiger partial charge in [-0.3, -0.25) is 0 Å². The summed E-state index contributed by atoms with van der Waals surface area (Å²) in [5.74, 6) is 3.08. The normalized spacial score (nSPS) is 31.8. The Balaban J connectivity index is 2.12. The Labute approximate surface area is 99.8 Å². The predicted octanol–water partition coefficient (Wildman–Crippen LogP) is 3.54. The molecule has 1 aliphatic carbocycles. The third kappa shape index (κ3) is 4.78. The maximum atomic E-state index is 3.77. The van der Waals surface area contributed by atoms with Gasteiger partial charge in [0.25, 0.3) is 0 Å². The van der Waals surface area contributed by atoms with Crippen LogP contribution >= 0.6 is 11.8 Å². The molecular formula is C13H27NS. The van der Waals surface area contributed by atoms with Crippen molar-refractivity contribution < 1.29 is 0 Å². The first-order valence-corrected chi connectivity index (χ1v) is 7.87. The van der Waals surface area contributed by atoms with Crippen LogP contribution in [0.4, 0.5) is 0 Å². The summed E-state index contributed by atoms with van der Waals surface area (Å²) in [7, 11) is 0. The molecule has 15 heavy (non-hydrogen) atoms. The summed E-state index contributed by atoms with van der Waals surface area (Å²) in [6.45, 7) is 6.05. The molecule has 0 spiro atoms. The van der Waals surface area contributed by atoms with Crippen molar-refractivity contribution in [2.24, 2.45) is 11.8 Å². The molecule has 0 bridgehead atoms. The van der Waals surface area contributed by atoms with Crippen molar-refractivity contribution in [3.05, 3.63) is 0 Å². The average molecular weight is 229 g/mol. The van der Waals surface area contributed by atoms with E-state index in [0.717, 1.165) is 17.9 Å². The first-order valence-electron chi connectivity index (χ1n) is 6.48. The van der Waals surface area contributed by atoms with Gasteiger partial charge in [-0.15, -0.1) is 0 Å². The van der Waals surface area contributed by atoms with Gasteiger partial charge in [0.15, 0.2) is 0 Å². The summed E-state index contributed by atoms with van der Waals surface area (Å²) >= 11 is 1.96. The van der Waals surface area contributed by atoms with Crippen molar-refractivity contribution in [3.63, 3.8) is 0 Å². The van der Waals surface area contributed by atoms with Crippen LogP contribution in [-0.2, 0) is 0 Å². The largest absolute Gasteiger partial charge is 0.313 e. The Morgan fingerprint density at radius 1 is 1.13 bits per heavy atom. The number of unbranched alkanes of at least 4 members (excludes halogenated alkanes) is 1.